The Morgan fingerprint density at radius 2 is 1.64 bits per heavy atom. The summed E-state index contributed by atoms with van der Waals surface area (Å²) in [5.41, 5.74) is 3.47. The topological polar surface area (TPSA) is 61.7 Å². The van der Waals surface area contributed by atoms with Crippen LogP contribution in [0.1, 0.15) is 5.56 Å². The first-order valence-electron chi connectivity index (χ1n) is 7.55. The molecule has 1 heterocycles. The first kappa shape index (κ1) is 15.2. The highest BCUT2D eigenvalue weighted by Crippen LogP contribution is 2.19. The molecule has 0 bridgehead atoms. The standard InChI is InChI=1S/C18H21NO3/c20-17-10-19-16(18(17)21)12-22-11-13-6-8-15(9-7-13)14-4-2-1-3-5-14/h1-9,16-21H,10-12H2/t16-,17+,18-/m1/s1. The predicted octanol–water partition coefficient (Wildman–Crippen LogP) is 1.56. The molecule has 4 heteroatoms. The van der Waals surface area contributed by atoms with Gasteiger partial charge in [-0.05, 0) is 16.7 Å². The lowest BCUT2D eigenvalue weighted by Crippen LogP contribution is -2.36. The molecule has 1 saturated heterocycles. The maximum absolute atomic E-state index is 9.72. The SMILES string of the molecule is O[C@H]1[C@@H](O)CN[C@@H]1COCc1ccc(-c2ccccc2)cc1. The van der Waals surface area contributed by atoms with Gasteiger partial charge in [-0.15, -0.1) is 0 Å². The lowest BCUT2D eigenvalue weighted by atomic mass is 10.0. The van der Waals surface area contributed by atoms with Gasteiger partial charge in [-0.25, -0.2) is 0 Å². The van der Waals surface area contributed by atoms with Crippen LogP contribution >= 0.6 is 0 Å². The van der Waals surface area contributed by atoms with Crippen LogP contribution in [-0.2, 0) is 11.3 Å². The Hall–Kier alpha value is -1.72. The molecular formula is C18H21NO3. The van der Waals surface area contributed by atoms with Crippen LogP contribution in [0, 0.1) is 0 Å². The number of aliphatic hydroxyl groups excluding tert-OH is 2. The van der Waals surface area contributed by atoms with Gasteiger partial charge in [0.25, 0.3) is 0 Å². The van der Waals surface area contributed by atoms with Crippen molar-refractivity contribution in [3.05, 3.63) is 60.2 Å². The van der Waals surface area contributed by atoms with Gasteiger partial charge in [0.1, 0.15) is 0 Å². The number of rotatable bonds is 5. The van der Waals surface area contributed by atoms with E-state index >= 15 is 0 Å². The summed E-state index contributed by atoms with van der Waals surface area (Å²) in [4.78, 5) is 0. The first-order valence-corrected chi connectivity index (χ1v) is 7.55. The van der Waals surface area contributed by atoms with E-state index in [1.807, 2.05) is 18.2 Å². The van der Waals surface area contributed by atoms with Crippen LogP contribution in [-0.4, -0.2) is 41.6 Å². The second-order valence-electron chi connectivity index (χ2n) is 5.65. The Morgan fingerprint density at radius 1 is 0.955 bits per heavy atom. The number of hydrogen-bond donors (Lipinski definition) is 3. The molecule has 1 aliphatic heterocycles. The van der Waals surface area contributed by atoms with E-state index in [4.69, 9.17) is 4.74 Å². The maximum Gasteiger partial charge on any atom is 0.0986 e. The molecule has 2 aromatic rings. The molecule has 22 heavy (non-hydrogen) atoms. The highest BCUT2D eigenvalue weighted by molar-refractivity contribution is 5.63. The van der Waals surface area contributed by atoms with Crippen molar-refractivity contribution >= 4 is 0 Å². The Morgan fingerprint density at radius 3 is 2.27 bits per heavy atom. The van der Waals surface area contributed by atoms with Crippen molar-refractivity contribution in [1.29, 1.82) is 0 Å². The van der Waals surface area contributed by atoms with Crippen LogP contribution in [0.3, 0.4) is 0 Å². The molecule has 3 rings (SSSR count). The van der Waals surface area contributed by atoms with E-state index in [0.29, 0.717) is 19.8 Å². The second kappa shape index (κ2) is 7.03. The Bertz CT molecular complexity index is 585. The monoisotopic (exact) mass is 299 g/mol. The van der Waals surface area contributed by atoms with Crippen molar-refractivity contribution in [3.63, 3.8) is 0 Å². The fourth-order valence-electron chi connectivity index (χ4n) is 2.67. The van der Waals surface area contributed by atoms with Crippen molar-refractivity contribution < 1.29 is 14.9 Å². The van der Waals surface area contributed by atoms with Gasteiger partial charge in [-0.2, -0.15) is 0 Å². The minimum Gasteiger partial charge on any atom is -0.389 e. The summed E-state index contributed by atoms with van der Waals surface area (Å²) in [5, 5.41) is 22.2. The highest BCUT2D eigenvalue weighted by atomic mass is 16.5. The summed E-state index contributed by atoms with van der Waals surface area (Å²) in [7, 11) is 0. The lowest BCUT2D eigenvalue weighted by Gasteiger charge is -2.16. The fraction of sp³-hybridized carbons (Fsp3) is 0.333. The van der Waals surface area contributed by atoms with E-state index in [9.17, 15) is 10.2 Å². The van der Waals surface area contributed by atoms with Crippen LogP contribution in [0.2, 0.25) is 0 Å². The zero-order chi connectivity index (χ0) is 15.4. The van der Waals surface area contributed by atoms with E-state index in [0.717, 1.165) is 5.56 Å². The van der Waals surface area contributed by atoms with Gasteiger partial charge in [-0.3, -0.25) is 0 Å². The average Bonchev–Trinajstić information content (AvgIpc) is 2.88. The summed E-state index contributed by atoms with van der Waals surface area (Å²) >= 11 is 0. The molecule has 0 aromatic heterocycles. The number of benzene rings is 2. The molecule has 3 atom stereocenters. The van der Waals surface area contributed by atoms with E-state index in [2.05, 4.69) is 41.7 Å². The van der Waals surface area contributed by atoms with Crippen LogP contribution in [0.5, 0.6) is 0 Å². The van der Waals surface area contributed by atoms with Crippen molar-refractivity contribution in [2.24, 2.45) is 0 Å². The smallest absolute Gasteiger partial charge is 0.0986 e. The Kier molecular flexibility index (Phi) is 4.85. The zero-order valence-corrected chi connectivity index (χ0v) is 12.4. The normalized spacial score (nSPS) is 24.5. The number of ether oxygens (including phenoxy) is 1. The summed E-state index contributed by atoms with van der Waals surface area (Å²) in [6.45, 7) is 1.30. The Labute approximate surface area is 130 Å². The molecule has 0 radical (unpaired) electrons. The Balaban J connectivity index is 1.51. The molecule has 3 N–H and O–H groups in total. The number of β-amino-alcohol motifs (C(OH)–C–C–N with tert-alkyl or cyclic N) is 1. The molecule has 0 unspecified atom stereocenters. The van der Waals surface area contributed by atoms with E-state index < -0.39 is 12.2 Å². The molecule has 0 saturated carbocycles. The maximum atomic E-state index is 9.72. The van der Waals surface area contributed by atoms with Gasteiger partial charge < -0.3 is 20.3 Å². The molecular weight excluding hydrogens is 278 g/mol. The minimum absolute atomic E-state index is 0.196. The van der Waals surface area contributed by atoms with Gasteiger partial charge in [0.05, 0.1) is 31.5 Å². The van der Waals surface area contributed by atoms with Crippen LogP contribution in [0.15, 0.2) is 54.6 Å². The summed E-state index contributed by atoms with van der Waals surface area (Å²) < 4.78 is 5.63. The van der Waals surface area contributed by atoms with Gasteiger partial charge in [0.15, 0.2) is 0 Å². The molecule has 0 aliphatic carbocycles. The number of hydrogen-bond acceptors (Lipinski definition) is 4. The van der Waals surface area contributed by atoms with Gasteiger partial charge in [-0.1, -0.05) is 54.6 Å². The van der Waals surface area contributed by atoms with Gasteiger partial charge in [0.2, 0.25) is 0 Å². The van der Waals surface area contributed by atoms with Gasteiger partial charge >= 0.3 is 0 Å². The third-order valence-electron chi connectivity index (χ3n) is 4.02. The molecule has 4 nitrogen and oxygen atoms in total. The quantitative estimate of drug-likeness (QED) is 0.784. The largest absolute Gasteiger partial charge is 0.389 e. The van der Waals surface area contributed by atoms with E-state index in [1.165, 1.54) is 11.1 Å². The van der Waals surface area contributed by atoms with Gasteiger partial charge in [0, 0.05) is 6.54 Å². The molecule has 116 valence electrons. The molecule has 1 fully saturated rings. The van der Waals surface area contributed by atoms with Crippen molar-refractivity contribution in [2.75, 3.05) is 13.2 Å². The summed E-state index contributed by atoms with van der Waals surface area (Å²) in [6.07, 6.45) is -1.45. The average molecular weight is 299 g/mol. The number of aliphatic hydroxyl groups is 2. The summed E-state index contributed by atoms with van der Waals surface area (Å²) in [6, 6.07) is 18.3. The number of nitrogens with one attached hydrogen (secondary N) is 1. The highest BCUT2D eigenvalue weighted by Gasteiger charge is 2.32. The van der Waals surface area contributed by atoms with Crippen molar-refractivity contribution in [1.82, 2.24) is 5.32 Å². The summed E-state index contributed by atoms with van der Waals surface area (Å²) in [5.74, 6) is 0. The third kappa shape index (κ3) is 3.54. The molecule has 1 aliphatic rings. The van der Waals surface area contributed by atoms with Crippen LogP contribution < -0.4 is 5.32 Å². The van der Waals surface area contributed by atoms with Crippen LogP contribution in [0.25, 0.3) is 11.1 Å². The molecule has 0 amide bonds. The molecule has 0 spiro atoms. The van der Waals surface area contributed by atoms with Crippen molar-refractivity contribution in [3.8, 4) is 11.1 Å². The van der Waals surface area contributed by atoms with Crippen LogP contribution in [0.4, 0.5) is 0 Å². The lowest BCUT2D eigenvalue weighted by molar-refractivity contribution is 0.0121. The second-order valence-corrected chi connectivity index (χ2v) is 5.65. The zero-order valence-electron chi connectivity index (χ0n) is 12.4. The fourth-order valence-corrected chi connectivity index (χ4v) is 2.67. The third-order valence-corrected chi connectivity index (χ3v) is 4.02. The minimum atomic E-state index is -0.750. The molecule has 2 aromatic carbocycles. The first-order chi connectivity index (χ1) is 10.7. The van der Waals surface area contributed by atoms with E-state index in [1.54, 1.807) is 0 Å². The predicted molar refractivity (Wildman–Crippen MR) is 85.3 cm³/mol. The van der Waals surface area contributed by atoms with E-state index in [-0.39, 0.29) is 6.04 Å². The van der Waals surface area contributed by atoms with Crippen molar-refractivity contribution in [2.45, 2.75) is 24.9 Å².